The molecule has 0 spiro atoms. The van der Waals surface area contributed by atoms with Crippen LogP contribution >= 0.6 is 0 Å². The van der Waals surface area contributed by atoms with Gasteiger partial charge in [0, 0.05) is 12.1 Å². The van der Waals surface area contributed by atoms with Crippen molar-refractivity contribution < 1.29 is 29.3 Å². The number of amides is 1. The fraction of sp³-hybridized carbons (Fsp3) is 0.500. The quantitative estimate of drug-likeness (QED) is 0.532. The third kappa shape index (κ3) is 7.10. The van der Waals surface area contributed by atoms with Gasteiger partial charge in [-0.15, -0.1) is 0 Å². The van der Waals surface area contributed by atoms with Crippen molar-refractivity contribution in [2.24, 2.45) is 5.92 Å². The summed E-state index contributed by atoms with van der Waals surface area (Å²) < 4.78 is 4.61. The van der Waals surface area contributed by atoms with E-state index in [2.05, 4.69) is 22.0 Å². The lowest BCUT2D eigenvalue weighted by Crippen LogP contribution is -2.32. The van der Waals surface area contributed by atoms with Gasteiger partial charge in [0.2, 0.25) is 0 Å². The van der Waals surface area contributed by atoms with E-state index in [0.29, 0.717) is 12.5 Å². The second kappa shape index (κ2) is 11.1. The summed E-state index contributed by atoms with van der Waals surface area (Å²) in [5, 5.41) is 19.4. The topological polar surface area (TPSA) is 116 Å². The van der Waals surface area contributed by atoms with Gasteiger partial charge in [-0.05, 0) is 63.5 Å². The molecule has 0 unspecified atom stereocenters. The van der Waals surface area contributed by atoms with E-state index in [1.807, 2.05) is 0 Å². The van der Waals surface area contributed by atoms with E-state index in [9.17, 15) is 14.7 Å². The lowest BCUT2D eigenvalue weighted by atomic mass is 9.94. The summed E-state index contributed by atoms with van der Waals surface area (Å²) >= 11 is 0. The molecule has 8 nitrogen and oxygen atoms in total. The van der Waals surface area contributed by atoms with E-state index in [-0.39, 0.29) is 29.3 Å². The zero-order valence-electron chi connectivity index (χ0n) is 15.1. The van der Waals surface area contributed by atoms with E-state index in [1.54, 1.807) is 0 Å². The van der Waals surface area contributed by atoms with Crippen molar-refractivity contribution in [2.75, 3.05) is 33.8 Å². The molecule has 1 amide bonds. The molecule has 0 bridgehead atoms. The second-order valence-electron chi connectivity index (χ2n) is 6.16. The molecule has 8 heteroatoms. The molecule has 0 aliphatic carbocycles. The molecular weight excluding hydrogens is 340 g/mol. The van der Waals surface area contributed by atoms with Crippen molar-refractivity contribution in [1.29, 1.82) is 0 Å². The monoisotopic (exact) mass is 366 g/mol. The third-order valence-corrected chi connectivity index (χ3v) is 4.28. The van der Waals surface area contributed by atoms with Gasteiger partial charge >= 0.3 is 5.97 Å². The first-order chi connectivity index (χ1) is 12.4. The fourth-order valence-electron chi connectivity index (χ4n) is 2.82. The smallest absolute Gasteiger partial charge is 0.338 e. The van der Waals surface area contributed by atoms with Crippen LogP contribution < -0.4 is 5.32 Å². The molecule has 1 aromatic rings. The van der Waals surface area contributed by atoms with Crippen LogP contribution in [0.4, 0.5) is 0 Å². The highest BCUT2D eigenvalue weighted by molar-refractivity contribution is 5.98. The Morgan fingerprint density at radius 3 is 2.42 bits per heavy atom. The third-order valence-electron chi connectivity index (χ3n) is 4.28. The first-order valence-corrected chi connectivity index (χ1v) is 8.38. The van der Waals surface area contributed by atoms with E-state index in [0.717, 1.165) is 32.4 Å². The number of rotatable bonds is 5. The summed E-state index contributed by atoms with van der Waals surface area (Å²) in [5.74, 6) is -0.366. The van der Waals surface area contributed by atoms with E-state index in [4.69, 9.17) is 9.90 Å². The highest BCUT2D eigenvalue weighted by atomic mass is 16.5. The second-order valence-corrected chi connectivity index (χ2v) is 6.16. The number of esters is 1. The van der Waals surface area contributed by atoms with Gasteiger partial charge in [-0.1, -0.05) is 0 Å². The van der Waals surface area contributed by atoms with Crippen LogP contribution in [0.25, 0.3) is 0 Å². The molecule has 144 valence electrons. The molecule has 0 radical (unpaired) electrons. The number of benzene rings is 1. The van der Waals surface area contributed by atoms with Gasteiger partial charge in [0.25, 0.3) is 12.4 Å². The molecule has 0 saturated carbocycles. The molecule has 1 aliphatic heterocycles. The first-order valence-electron chi connectivity index (χ1n) is 8.38. The number of carbonyl (C=O) groups is 3. The predicted octanol–water partition coefficient (Wildman–Crippen LogP) is 1.34. The molecule has 1 saturated heterocycles. The van der Waals surface area contributed by atoms with Crippen LogP contribution in [-0.4, -0.2) is 67.3 Å². The van der Waals surface area contributed by atoms with Crippen LogP contribution in [0.2, 0.25) is 0 Å². The molecule has 1 heterocycles. The SMILES string of the molecule is COC(=O)c1cc(O)cc(C(=O)NCCC2CCN(C)CC2)c1.O=CO. The lowest BCUT2D eigenvalue weighted by Gasteiger charge is -2.28. The summed E-state index contributed by atoms with van der Waals surface area (Å²) in [6, 6.07) is 4.05. The highest BCUT2D eigenvalue weighted by Crippen LogP contribution is 2.19. The van der Waals surface area contributed by atoms with E-state index < -0.39 is 5.97 Å². The molecular formula is C18H26N2O6. The number of likely N-dealkylation sites (tertiary alicyclic amines) is 1. The molecule has 1 aliphatic rings. The zero-order valence-corrected chi connectivity index (χ0v) is 15.1. The average molecular weight is 366 g/mol. The zero-order chi connectivity index (χ0) is 19.5. The van der Waals surface area contributed by atoms with Gasteiger partial charge < -0.3 is 25.2 Å². The van der Waals surface area contributed by atoms with Crippen LogP contribution in [0.1, 0.15) is 40.0 Å². The number of methoxy groups -OCH3 is 1. The minimum absolute atomic E-state index is 0.131. The molecule has 1 fully saturated rings. The Morgan fingerprint density at radius 1 is 1.27 bits per heavy atom. The van der Waals surface area contributed by atoms with Gasteiger partial charge in [0.1, 0.15) is 5.75 Å². The number of phenolic OH excluding ortho intramolecular Hbond substituents is 1. The van der Waals surface area contributed by atoms with Gasteiger partial charge in [0.15, 0.2) is 0 Å². The summed E-state index contributed by atoms with van der Waals surface area (Å²) in [6.45, 7) is 2.55. The van der Waals surface area contributed by atoms with Crippen molar-refractivity contribution in [2.45, 2.75) is 19.3 Å². The Balaban J connectivity index is 0.00000105. The summed E-state index contributed by atoms with van der Waals surface area (Å²) in [6.07, 6.45) is 3.26. The Kier molecular flexibility index (Phi) is 9.14. The van der Waals surface area contributed by atoms with Crippen LogP contribution in [0.5, 0.6) is 5.75 Å². The molecule has 0 aromatic heterocycles. The van der Waals surface area contributed by atoms with Crippen molar-refractivity contribution in [3.05, 3.63) is 29.3 Å². The Hall–Kier alpha value is -2.61. The number of hydrogen-bond donors (Lipinski definition) is 3. The number of piperidine rings is 1. The molecule has 1 aromatic carbocycles. The molecule has 2 rings (SSSR count). The van der Waals surface area contributed by atoms with Crippen LogP contribution in [0.15, 0.2) is 18.2 Å². The number of carboxylic acid groups (broad SMARTS) is 1. The summed E-state index contributed by atoms with van der Waals surface area (Å²) in [5.41, 5.74) is 0.418. The number of hydrogen-bond acceptors (Lipinski definition) is 6. The highest BCUT2D eigenvalue weighted by Gasteiger charge is 2.17. The van der Waals surface area contributed by atoms with Crippen molar-refractivity contribution >= 4 is 18.3 Å². The van der Waals surface area contributed by atoms with Crippen LogP contribution in [0, 0.1) is 5.92 Å². The van der Waals surface area contributed by atoms with Crippen molar-refractivity contribution in [3.8, 4) is 5.75 Å². The minimum Gasteiger partial charge on any atom is -0.508 e. The summed E-state index contributed by atoms with van der Waals surface area (Å²) in [7, 11) is 3.38. The molecule has 26 heavy (non-hydrogen) atoms. The normalized spacial score (nSPS) is 14.7. The number of aromatic hydroxyl groups is 1. The van der Waals surface area contributed by atoms with E-state index in [1.165, 1.54) is 25.3 Å². The Morgan fingerprint density at radius 2 is 1.85 bits per heavy atom. The summed E-state index contributed by atoms with van der Waals surface area (Å²) in [4.78, 5) is 34.4. The number of phenols is 1. The molecule has 0 atom stereocenters. The number of ether oxygens (including phenoxy) is 1. The van der Waals surface area contributed by atoms with Gasteiger partial charge in [-0.2, -0.15) is 0 Å². The number of nitrogens with one attached hydrogen (secondary N) is 1. The van der Waals surface area contributed by atoms with Gasteiger partial charge in [-0.25, -0.2) is 4.79 Å². The maximum Gasteiger partial charge on any atom is 0.338 e. The van der Waals surface area contributed by atoms with Crippen molar-refractivity contribution in [3.63, 3.8) is 0 Å². The van der Waals surface area contributed by atoms with Gasteiger partial charge in [-0.3, -0.25) is 9.59 Å². The largest absolute Gasteiger partial charge is 0.508 e. The van der Waals surface area contributed by atoms with E-state index >= 15 is 0 Å². The standard InChI is InChI=1S/C17H24N2O4.CH2O2/c1-19-7-4-12(5-8-19)3-6-18-16(21)13-9-14(17(22)23-2)11-15(20)10-13;2-1-3/h9-12,20H,3-8H2,1-2H3,(H,18,21);1H,(H,2,3). The number of carbonyl (C=O) groups excluding carboxylic acids is 2. The molecule has 3 N–H and O–H groups in total. The fourth-order valence-corrected chi connectivity index (χ4v) is 2.82. The number of nitrogens with zero attached hydrogens (tertiary/aromatic N) is 1. The van der Waals surface area contributed by atoms with Crippen molar-refractivity contribution in [1.82, 2.24) is 10.2 Å². The predicted molar refractivity (Wildman–Crippen MR) is 95.3 cm³/mol. The van der Waals surface area contributed by atoms with Crippen LogP contribution in [-0.2, 0) is 9.53 Å². The minimum atomic E-state index is -0.582. The Labute approximate surface area is 152 Å². The van der Waals surface area contributed by atoms with Gasteiger partial charge in [0.05, 0.1) is 12.7 Å². The first kappa shape index (κ1) is 21.4. The maximum atomic E-state index is 12.2. The Bertz CT molecular complexity index is 612. The lowest BCUT2D eigenvalue weighted by molar-refractivity contribution is -0.122. The average Bonchev–Trinajstić information content (AvgIpc) is 2.62. The van der Waals surface area contributed by atoms with Crippen LogP contribution in [0.3, 0.4) is 0 Å². The maximum absolute atomic E-state index is 12.2.